The van der Waals surface area contributed by atoms with E-state index in [1.54, 1.807) is 6.92 Å². The molecule has 5 rings (SSSR count). The van der Waals surface area contributed by atoms with E-state index < -0.39 is 40.4 Å². The smallest absolute Gasteiger partial charge is 0.417 e. The van der Waals surface area contributed by atoms with Crippen LogP contribution in [-0.4, -0.2) is 41.9 Å². The molecular weight excluding hydrogens is 458 g/mol. The third kappa shape index (κ3) is 3.49. The van der Waals surface area contributed by atoms with Crippen LogP contribution in [-0.2, 0) is 18.8 Å². The monoisotopic (exact) mass is 479 g/mol. The number of rotatable bonds is 3. The number of nitrogens with one attached hydrogen (secondary N) is 1. The highest BCUT2D eigenvalue weighted by Crippen LogP contribution is 2.55. The molecule has 3 aromatic rings. The summed E-state index contributed by atoms with van der Waals surface area (Å²) in [4.78, 5) is 18.7. The van der Waals surface area contributed by atoms with Crippen molar-refractivity contribution in [3.63, 3.8) is 0 Å². The van der Waals surface area contributed by atoms with E-state index in [4.69, 9.17) is 4.42 Å². The summed E-state index contributed by atoms with van der Waals surface area (Å²) in [6, 6.07) is 0.466. The van der Waals surface area contributed by atoms with Crippen LogP contribution in [0, 0.1) is 18.7 Å². The van der Waals surface area contributed by atoms with Crippen LogP contribution >= 0.6 is 0 Å². The Hall–Kier alpha value is -3.51. The Bertz CT molecular complexity index is 1270. The van der Waals surface area contributed by atoms with Gasteiger partial charge in [0.05, 0.1) is 11.3 Å². The second kappa shape index (κ2) is 7.50. The number of carbonyl (C=O) groups excluding carboxylic acids is 1. The second-order valence-corrected chi connectivity index (χ2v) is 8.98. The first kappa shape index (κ1) is 22.3. The molecule has 1 aliphatic heterocycles. The molecule has 2 amide bonds. The number of amides is 2. The van der Waals surface area contributed by atoms with Crippen molar-refractivity contribution >= 4 is 11.7 Å². The number of carbonyl (C=O) groups is 1. The summed E-state index contributed by atoms with van der Waals surface area (Å²) in [5.74, 6) is -0.513. The Morgan fingerprint density at radius 2 is 2.03 bits per heavy atom. The summed E-state index contributed by atoms with van der Waals surface area (Å²) in [6.07, 6.45) is -1.68. The number of nitrogens with zero attached hydrogens (tertiary/aromatic N) is 6. The van der Waals surface area contributed by atoms with Crippen molar-refractivity contribution in [3.05, 3.63) is 41.6 Å². The first-order chi connectivity index (χ1) is 16.0. The zero-order valence-corrected chi connectivity index (χ0v) is 18.5. The summed E-state index contributed by atoms with van der Waals surface area (Å²) in [5, 5.41) is 14.3. The molecule has 13 heteroatoms. The van der Waals surface area contributed by atoms with Crippen LogP contribution < -0.4 is 5.32 Å². The summed E-state index contributed by atoms with van der Waals surface area (Å²) in [7, 11) is 1.50. The fraction of sp³-hybridized carbons (Fsp3) is 0.476. The van der Waals surface area contributed by atoms with Crippen LogP contribution in [0.2, 0.25) is 0 Å². The minimum Gasteiger partial charge on any atom is -0.423 e. The van der Waals surface area contributed by atoms with Gasteiger partial charge >= 0.3 is 12.2 Å². The molecule has 0 spiro atoms. The van der Waals surface area contributed by atoms with Crippen molar-refractivity contribution in [2.24, 2.45) is 13.0 Å². The molecule has 2 bridgehead atoms. The molecule has 180 valence electrons. The Morgan fingerprint density at radius 3 is 2.65 bits per heavy atom. The Labute approximate surface area is 191 Å². The number of aromatic nitrogens is 5. The zero-order chi connectivity index (χ0) is 24.4. The van der Waals surface area contributed by atoms with Gasteiger partial charge < -0.3 is 14.6 Å². The summed E-state index contributed by atoms with van der Waals surface area (Å²) >= 11 is 0. The number of hydrogen-bond acceptors (Lipinski definition) is 6. The number of halogens is 4. The van der Waals surface area contributed by atoms with Gasteiger partial charge in [-0.05, 0) is 30.9 Å². The molecule has 2 fully saturated rings. The number of urea groups is 1. The van der Waals surface area contributed by atoms with Gasteiger partial charge in [0, 0.05) is 32.0 Å². The summed E-state index contributed by atoms with van der Waals surface area (Å²) in [6.45, 7) is 3.70. The molecule has 0 unspecified atom stereocenters. The minimum atomic E-state index is -4.84. The Balaban J connectivity index is 1.50. The van der Waals surface area contributed by atoms with E-state index >= 15 is 0 Å². The van der Waals surface area contributed by atoms with Gasteiger partial charge in [-0.2, -0.15) is 18.3 Å². The molecule has 34 heavy (non-hydrogen) atoms. The van der Waals surface area contributed by atoms with Gasteiger partial charge in [0.1, 0.15) is 17.7 Å². The maximum atomic E-state index is 14.8. The Morgan fingerprint density at radius 1 is 1.26 bits per heavy atom. The molecule has 9 nitrogen and oxygen atoms in total. The van der Waals surface area contributed by atoms with Crippen molar-refractivity contribution in [1.29, 1.82) is 0 Å². The van der Waals surface area contributed by atoms with E-state index in [0.717, 1.165) is 12.5 Å². The highest BCUT2D eigenvalue weighted by molar-refractivity contribution is 5.92. The average molecular weight is 479 g/mol. The average Bonchev–Trinajstić information content (AvgIpc) is 3.36. The van der Waals surface area contributed by atoms with E-state index in [1.165, 1.54) is 23.0 Å². The van der Waals surface area contributed by atoms with Crippen LogP contribution in [0.5, 0.6) is 0 Å². The summed E-state index contributed by atoms with van der Waals surface area (Å²) < 4.78 is 62.4. The highest BCUT2D eigenvalue weighted by Gasteiger charge is 2.62. The number of alkyl halides is 3. The molecule has 1 N–H and O–H groups in total. The van der Waals surface area contributed by atoms with E-state index in [0.29, 0.717) is 36.6 Å². The highest BCUT2D eigenvalue weighted by atomic mass is 19.4. The number of likely N-dealkylation sites (tertiary alicyclic amines) is 1. The first-order valence-corrected chi connectivity index (χ1v) is 10.7. The molecule has 3 atom stereocenters. The summed E-state index contributed by atoms with van der Waals surface area (Å²) in [5.41, 5.74) is -2.91. The van der Waals surface area contributed by atoms with Gasteiger partial charge in [-0.1, -0.05) is 6.92 Å². The molecule has 2 aromatic heterocycles. The van der Waals surface area contributed by atoms with Gasteiger partial charge in [-0.25, -0.2) is 14.2 Å². The van der Waals surface area contributed by atoms with E-state index in [2.05, 4.69) is 32.5 Å². The molecule has 1 aromatic carbocycles. The van der Waals surface area contributed by atoms with Crippen LogP contribution in [0.25, 0.3) is 11.4 Å². The SMILES string of the molecule is Cc1nnc([C@]23C[C@H](C)C[C@H](C2)N3C(=O)Nc2cc(-c3ncn(C)n3)c(C(F)(F)F)cc2F)o1. The maximum absolute atomic E-state index is 14.8. The van der Waals surface area contributed by atoms with Crippen molar-refractivity contribution in [1.82, 2.24) is 29.9 Å². The fourth-order valence-corrected chi connectivity index (χ4v) is 5.16. The standard InChI is InChI=1S/C21H21F4N7O2/c1-10-4-12-8-20(7-10,18-29-28-11(2)34-18)32(12)19(33)27-16-5-13(17-26-9-31(3)30-17)14(6-15(16)22)21(23,24)25/h5-6,9-10,12H,4,7-8H2,1-3H3,(H,27,33)/t10-,12-,20+/m1/s1. The molecule has 1 aliphatic carbocycles. The van der Waals surface area contributed by atoms with E-state index in [9.17, 15) is 22.4 Å². The van der Waals surface area contributed by atoms with Gasteiger partial charge in [0.15, 0.2) is 5.82 Å². The van der Waals surface area contributed by atoms with Crippen LogP contribution in [0.4, 0.5) is 28.0 Å². The normalized spacial score (nSPS) is 24.1. The van der Waals surface area contributed by atoms with Crippen molar-refractivity contribution in [3.8, 4) is 11.4 Å². The number of benzene rings is 1. The lowest BCUT2D eigenvalue weighted by Crippen LogP contribution is -2.70. The van der Waals surface area contributed by atoms with E-state index in [-0.39, 0.29) is 11.9 Å². The minimum absolute atomic E-state index is 0.134. The lowest BCUT2D eigenvalue weighted by Gasteiger charge is -2.61. The third-order valence-corrected chi connectivity index (χ3v) is 6.40. The van der Waals surface area contributed by atoms with Gasteiger partial charge in [0.25, 0.3) is 0 Å². The zero-order valence-electron chi connectivity index (χ0n) is 18.5. The molecular formula is C21H21F4N7O2. The number of anilines is 1. The quantitative estimate of drug-likeness (QED) is 0.563. The van der Waals surface area contributed by atoms with Crippen molar-refractivity contribution < 1.29 is 26.8 Å². The lowest BCUT2D eigenvalue weighted by molar-refractivity contribution is -0.137. The number of piperidine rings is 1. The van der Waals surface area contributed by atoms with Crippen molar-refractivity contribution in [2.75, 3.05) is 5.32 Å². The largest absolute Gasteiger partial charge is 0.423 e. The fourth-order valence-electron chi connectivity index (χ4n) is 5.16. The van der Waals surface area contributed by atoms with Gasteiger partial charge in [0.2, 0.25) is 11.8 Å². The van der Waals surface area contributed by atoms with E-state index in [1.807, 2.05) is 0 Å². The third-order valence-electron chi connectivity index (χ3n) is 6.40. The van der Waals surface area contributed by atoms with Crippen LogP contribution in [0.3, 0.4) is 0 Å². The first-order valence-electron chi connectivity index (χ1n) is 10.7. The molecule has 2 aliphatic rings. The van der Waals surface area contributed by atoms with Crippen molar-refractivity contribution in [2.45, 2.75) is 50.9 Å². The van der Waals surface area contributed by atoms with Crippen LogP contribution in [0.15, 0.2) is 22.9 Å². The molecule has 1 saturated heterocycles. The Kier molecular flexibility index (Phi) is 4.92. The molecule has 3 heterocycles. The number of aryl methyl sites for hydroxylation is 2. The molecule has 1 saturated carbocycles. The topological polar surface area (TPSA) is 102 Å². The number of hydrogen-bond donors (Lipinski definition) is 1. The molecule has 0 radical (unpaired) electrons. The predicted molar refractivity (Wildman–Crippen MR) is 110 cm³/mol. The van der Waals surface area contributed by atoms with Gasteiger partial charge in [-0.15, -0.1) is 10.2 Å². The van der Waals surface area contributed by atoms with Crippen LogP contribution in [0.1, 0.15) is 43.5 Å². The number of fused-ring (bicyclic) bond motifs is 2. The van der Waals surface area contributed by atoms with Gasteiger partial charge in [-0.3, -0.25) is 4.68 Å². The second-order valence-electron chi connectivity index (χ2n) is 8.98. The maximum Gasteiger partial charge on any atom is 0.417 e. The predicted octanol–water partition coefficient (Wildman–Crippen LogP) is 4.26. The lowest BCUT2D eigenvalue weighted by atomic mass is 9.64.